The third-order valence-electron chi connectivity index (χ3n) is 7.31. The Hall–Kier alpha value is -4.02. The van der Waals surface area contributed by atoms with Gasteiger partial charge >= 0.3 is 0 Å². The highest BCUT2D eigenvalue weighted by Gasteiger charge is 2.20. The molecule has 0 N–H and O–H groups in total. The van der Waals surface area contributed by atoms with E-state index in [1.165, 1.54) is 16.8 Å². The molecular weight excluding hydrogens is 717 g/mol. The number of fused-ring (bicyclic) bond motifs is 1. The smallest absolute Gasteiger partial charge is 0.282 e. The van der Waals surface area contributed by atoms with Crippen molar-refractivity contribution in [2.75, 3.05) is 13.2 Å². The molecule has 0 fully saturated rings. The molecule has 10 heteroatoms. The maximum Gasteiger partial charge on any atom is 0.282 e. The van der Waals surface area contributed by atoms with E-state index in [0.29, 0.717) is 61.5 Å². The number of rotatable bonds is 11. The Morgan fingerprint density at radius 1 is 0.935 bits per heavy atom. The number of hydrogen-bond acceptors (Lipinski definition) is 6. The fourth-order valence-electron chi connectivity index (χ4n) is 5.07. The zero-order valence-corrected chi connectivity index (χ0v) is 29.4. The standard InChI is InChI=1S/C36H34Br2FN3O4/c1-6-44-30-15-22(5)28(18-27(30)21(3)4)35-41-29-14-9-8-13-26(29)36(43)42(35)40-19-24-17-31(45-7-2)34(33(38)32(24)37)46-20-23-11-10-12-25(39)16-23/h8-19,21H,6-7,20H2,1-5H3. The zero-order chi connectivity index (χ0) is 33.0. The molecule has 7 nitrogen and oxygen atoms in total. The van der Waals surface area contributed by atoms with Crippen LogP contribution in [-0.4, -0.2) is 29.1 Å². The summed E-state index contributed by atoms with van der Waals surface area (Å²) in [5, 5.41) is 5.16. The first-order chi connectivity index (χ1) is 22.1. The monoisotopic (exact) mass is 749 g/mol. The van der Waals surface area contributed by atoms with Gasteiger partial charge in [0.05, 0.1) is 34.8 Å². The lowest BCUT2D eigenvalue weighted by Gasteiger charge is -2.18. The second-order valence-corrected chi connectivity index (χ2v) is 12.5. The summed E-state index contributed by atoms with van der Waals surface area (Å²) in [6.07, 6.45) is 1.59. The average molecular weight is 751 g/mol. The van der Waals surface area contributed by atoms with Crippen molar-refractivity contribution in [2.45, 2.75) is 47.1 Å². The van der Waals surface area contributed by atoms with Gasteiger partial charge in [0.15, 0.2) is 17.3 Å². The first kappa shape index (κ1) is 33.3. The molecule has 0 saturated carbocycles. The molecule has 0 amide bonds. The van der Waals surface area contributed by atoms with Gasteiger partial charge in [-0.3, -0.25) is 4.79 Å². The molecule has 46 heavy (non-hydrogen) atoms. The lowest BCUT2D eigenvalue weighted by molar-refractivity contribution is 0.267. The molecule has 0 atom stereocenters. The Morgan fingerprint density at radius 2 is 1.67 bits per heavy atom. The third kappa shape index (κ3) is 7.03. The average Bonchev–Trinajstić information content (AvgIpc) is 3.03. The van der Waals surface area contributed by atoms with Gasteiger partial charge in [0.25, 0.3) is 5.56 Å². The van der Waals surface area contributed by atoms with Gasteiger partial charge in [-0.2, -0.15) is 9.78 Å². The second-order valence-electron chi connectivity index (χ2n) is 10.9. The van der Waals surface area contributed by atoms with Crippen molar-refractivity contribution >= 4 is 49.0 Å². The minimum Gasteiger partial charge on any atom is -0.494 e. The number of halogens is 3. The van der Waals surface area contributed by atoms with Crippen LogP contribution in [0.3, 0.4) is 0 Å². The van der Waals surface area contributed by atoms with E-state index in [4.69, 9.17) is 24.3 Å². The fraction of sp³-hybridized carbons (Fsp3) is 0.250. The van der Waals surface area contributed by atoms with E-state index >= 15 is 0 Å². The molecule has 0 saturated heterocycles. The van der Waals surface area contributed by atoms with E-state index in [2.05, 4.69) is 45.7 Å². The Kier molecular flexibility index (Phi) is 10.6. The molecule has 1 heterocycles. The minimum absolute atomic E-state index is 0.137. The van der Waals surface area contributed by atoms with Gasteiger partial charge in [0.1, 0.15) is 18.2 Å². The Balaban J connectivity index is 1.63. The summed E-state index contributed by atoms with van der Waals surface area (Å²) >= 11 is 7.29. The quantitative estimate of drug-likeness (QED) is 0.126. The van der Waals surface area contributed by atoms with Crippen LogP contribution in [0.1, 0.15) is 55.9 Å². The number of benzene rings is 4. The van der Waals surface area contributed by atoms with Crippen molar-refractivity contribution < 1.29 is 18.6 Å². The van der Waals surface area contributed by atoms with E-state index < -0.39 is 0 Å². The van der Waals surface area contributed by atoms with Gasteiger partial charge in [0, 0.05) is 15.6 Å². The maximum atomic E-state index is 14.0. The Labute approximate surface area is 284 Å². The van der Waals surface area contributed by atoms with E-state index in [1.807, 2.05) is 51.1 Å². The molecule has 4 aromatic carbocycles. The van der Waals surface area contributed by atoms with E-state index in [9.17, 15) is 9.18 Å². The Morgan fingerprint density at radius 3 is 2.39 bits per heavy atom. The molecule has 0 bridgehead atoms. The molecule has 0 radical (unpaired) electrons. The van der Waals surface area contributed by atoms with Gasteiger partial charge in [-0.15, -0.1) is 0 Å². The number of para-hydroxylation sites is 1. The molecule has 0 aliphatic rings. The second kappa shape index (κ2) is 14.6. The van der Waals surface area contributed by atoms with Gasteiger partial charge in [0.2, 0.25) is 0 Å². The van der Waals surface area contributed by atoms with Crippen LogP contribution in [0, 0.1) is 12.7 Å². The molecule has 5 rings (SSSR count). The summed E-state index contributed by atoms with van der Waals surface area (Å²) in [5.74, 6) is 1.98. The van der Waals surface area contributed by atoms with Gasteiger partial charge in [-0.25, -0.2) is 9.37 Å². The van der Waals surface area contributed by atoms with Crippen molar-refractivity contribution in [2.24, 2.45) is 5.10 Å². The topological polar surface area (TPSA) is 74.9 Å². The highest BCUT2D eigenvalue weighted by molar-refractivity contribution is 9.13. The van der Waals surface area contributed by atoms with Crippen molar-refractivity contribution in [3.63, 3.8) is 0 Å². The molecule has 0 spiro atoms. The summed E-state index contributed by atoms with van der Waals surface area (Å²) in [5.41, 5.74) is 4.29. The normalized spacial score (nSPS) is 11.5. The van der Waals surface area contributed by atoms with Gasteiger partial charge in [-0.1, -0.05) is 38.1 Å². The largest absolute Gasteiger partial charge is 0.494 e. The van der Waals surface area contributed by atoms with Gasteiger partial charge in [-0.05, 0) is 118 Å². The highest BCUT2D eigenvalue weighted by Crippen LogP contribution is 2.43. The zero-order valence-electron chi connectivity index (χ0n) is 26.2. The molecule has 0 aliphatic carbocycles. The number of hydrogen-bond donors (Lipinski definition) is 0. The number of nitrogens with zero attached hydrogens (tertiary/aromatic N) is 3. The number of aryl methyl sites for hydroxylation is 1. The molecule has 238 valence electrons. The highest BCUT2D eigenvalue weighted by atomic mass is 79.9. The fourth-order valence-corrected chi connectivity index (χ4v) is 6.01. The van der Waals surface area contributed by atoms with Crippen molar-refractivity contribution in [1.29, 1.82) is 0 Å². The molecular formula is C36H34Br2FN3O4. The predicted molar refractivity (Wildman–Crippen MR) is 188 cm³/mol. The first-order valence-electron chi connectivity index (χ1n) is 15.0. The maximum absolute atomic E-state index is 14.0. The van der Waals surface area contributed by atoms with Crippen LogP contribution >= 0.6 is 31.9 Å². The van der Waals surface area contributed by atoms with E-state index in [1.54, 1.807) is 30.5 Å². The van der Waals surface area contributed by atoms with Gasteiger partial charge < -0.3 is 14.2 Å². The number of ether oxygens (including phenoxy) is 3. The minimum atomic E-state index is -0.336. The van der Waals surface area contributed by atoms with Crippen LogP contribution in [-0.2, 0) is 6.61 Å². The summed E-state index contributed by atoms with van der Waals surface area (Å²) < 4.78 is 34.3. The van der Waals surface area contributed by atoms with Crippen LogP contribution in [0.5, 0.6) is 17.2 Å². The summed E-state index contributed by atoms with van der Waals surface area (Å²) in [7, 11) is 0. The predicted octanol–water partition coefficient (Wildman–Crippen LogP) is 9.42. The summed E-state index contributed by atoms with van der Waals surface area (Å²) in [6, 6.07) is 19.3. The first-order valence-corrected chi connectivity index (χ1v) is 16.6. The van der Waals surface area contributed by atoms with Crippen LogP contribution in [0.25, 0.3) is 22.3 Å². The van der Waals surface area contributed by atoms with E-state index in [-0.39, 0.29) is 23.9 Å². The summed E-state index contributed by atoms with van der Waals surface area (Å²) in [6.45, 7) is 11.1. The summed E-state index contributed by atoms with van der Waals surface area (Å²) in [4.78, 5) is 18.9. The van der Waals surface area contributed by atoms with Crippen LogP contribution in [0.15, 0.2) is 85.6 Å². The molecule has 1 aromatic heterocycles. The lowest BCUT2D eigenvalue weighted by Crippen LogP contribution is -2.21. The van der Waals surface area contributed by atoms with Crippen molar-refractivity contribution in [3.8, 4) is 28.6 Å². The third-order valence-corrected chi connectivity index (χ3v) is 9.46. The SMILES string of the molecule is CCOc1cc(C)c(-c2nc3ccccc3c(=O)n2N=Cc2cc(OCC)c(OCc3cccc(F)c3)c(Br)c2Br)cc1C(C)C. The lowest BCUT2D eigenvalue weighted by atomic mass is 9.96. The molecule has 0 unspecified atom stereocenters. The van der Waals surface area contributed by atoms with E-state index in [0.717, 1.165) is 22.4 Å². The molecule has 5 aromatic rings. The Bertz CT molecular complexity index is 1990. The van der Waals surface area contributed by atoms with Crippen molar-refractivity contribution in [3.05, 3.63) is 114 Å². The van der Waals surface area contributed by atoms with Crippen LogP contribution in [0.2, 0.25) is 0 Å². The van der Waals surface area contributed by atoms with Crippen LogP contribution < -0.4 is 19.8 Å². The molecule has 0 aliphatic heterocycles. The number of aromatic nitrogens is 2. The van der Waals surface area contributed by atoms with Crippen LogP contribution in [0.4, 0.5) is 4.39 Å². The van der Waals surface area contributed by atoms with Crippen molar-refractivity contribution in [1.82, 2.24) is 9.66 Å².